The fourth-order valence-corrected chi connectivity index (χ4v) is 2.77. The van der Waals surface area contributed by atoms with Crippen molar-refractivity contribution in [3.63, 3.8) is 0 Å². The number of alkyl halides is 3. The van der Waals surface area contributed by atoms with Crippen LogP contribution in [0.1, 0.15) is 27.2 Å². The summed E-state index contributed by atoms with van der Waals surface area (Å²) in [6.45, 7) is 4.18. The molecule has 0 bridgehead atoms. The minimum atomic E-state index is -5.94. The van der Waals surface area contributed by atoms with Crippen molar-refractivity contribution < 1.29 is 44.8 Å². The normalized spacial score (nSPS) is 22.4. The zero-order valence-electron chi connectivity index (χ0n) is 14.1. The summed E-state index contributed by atoms with van der Waals surface area (Å²) in [7, 11) is -4.93. The Hall–Kier alpha value is -1.56. The van der Waals surface area contributed by atoms with Crippen molar-refractivity contribution in [2.75, 3.05) is 20.2 Å². The Morgan fingerprint density at radius 2 is 1.72 bits per heavy atom. The number of carbonyl (C=O) groups excluding carboxylic acids is 2. The molecule has 1 amide bonds. The van der Waals surface area contributed by atoms with Gasteiger partial charge in [0, 0.05) is 6.54 Å². The Kier molecular flexibility index (Phi) is 6.32. The van der Waals surface area contributed by atoms with E-state index in [1.165, 1.54) is 0 Å². The van der Waals surface area contributed by atoms with Crippen LogP contribution in [0.5, 0.6) is 0 Å². The number of methoxy groups -OCH3 is 1. The van der Waals surface area contributed by atoms with E-state index in [0.717, 1.165) is 12.0 Å². The van der Waals surface area contributed by atoms with E-state index in [4.69, 9.17) is 4.74 Å². The van der Waals surface area contributed by atoms with Crippen LogP contribution >= 0.6 is 0 Å². The highest BCUT2D eigenvalue weighted by Gasteiger charge is 2.51. The molecule has 1 heterocycles. The van der Waals surface area contributed by atoms with E-state index in [9.17, 15) is 31.2 Å². The predicted molar refractivity (Wildman–Crippen MR) is 77.8 cm³/mol. The molecule has 8 nitrogen and oxygen atoms in total. The van der Waals surface area contributed by atoms with Gasteiger partial charge in [0.25, 0.3) is 0 Å². The number of amides is 1. The lowest BCUT2D eigenvalue weighted by molar-refractivity contribution is -0.152. The van der Waals surface area contributed by atoms with Crippen molar-refractivity contribution in [3.05, 3.63) is 0 Å². The first-order chi connectivity index (χ1) is 11.2. The van der Waals surface area contributed by atoms with Crippen LogP contribution in [0.2, 0.25) is 0 Å². The van der Waals surface area contributed by atoms with Gasteiger partial charge in [-0.15, -0.1) is 0 Å². The van der Waals surface area contributed by atoms with E-state index >= 15 is 0 Å². The smallest absolute Gasteiger partial charge is 0.469 e. The average Bonchev–Trinajstić information content (AvgIpc) is 2.43. The largest absolute Gasteiger partial charge is 0.523 e. The molecule has 1 aliphatic rings. The van der Waals surface area contributed by atoms with Gasteiger partial charge in [0.1, 0.15) is 11.7 Å². The van der Waals surface area contributed by atoms with Crippen molar-refractivity contribution in [3.8, 4) is 0 Å². The molecule has 0 N–H and O–H groups in total. The van der Waals surface area contributed by atoms with Gasteiger partial charge in [-0.2, -0.15) is 21.6 Å². The molecule has 0 aromatic heterocycles. The van der Waals surface area contributed by atoms with Gasteiger partial charge in [-0.25, -0.2) is 4.79 Å². The Bertz CT molecular complexity index is 612. The molecule has 0 aliphatic carbocycles. The second kappa shape index (κ2) is 7.36. The van der Waals surface area contributed by atoms with Gasteiger partial charge in [0.2, 0.25) is 0 Å². The molecule has 1 saturated heterocycles. The fraction of sp³-hybridized carbons (Fsp3) is 0.846. The highest BCUT2D eigenvalue weighted by Crippen LogP contribution is 2.31. The maximum absolute atomic E-state index is 12.5. The van der Waals surface area contributed by atoms with E-state index < -0.39 is 51.9 Å². The zero-order valence-corrected chi connectivity index (χ0v) is 14.9. The first-order valence-electron chi connectivity index (χ1n) is 7.23. The highest BCUT2D eigenvalue weighted by molar-refractivity contribution is 7.87. The fourth-order valence-electron chi connectivity index (χ4n) is 2.14. The second-order valence-corrected chi connectivity index (χ2v) is 7.94. The molecular formula is C13H20F3NO7S. The third-order valence-electron chi connectivity index (χ3n) is 3.25. The molecule has 0 aromatic carbocycles. The van der Waals surface area contributed by atoms with Crippen LogP contribution in [0.3, 0.4) is 0 Å². The predicted octanol–water partition coefficient (Wildman–Crippen LogP) is 1.65. The summed E-state index contributed by atoms with van der Waals surface area (Å²) in [6, 6.07) is 0. The first-order valence-corrected chi connectivity index (χ1v) is 8.64. The van der Waals surface area contributed by atoms with Crippen molar-refractivity contribution >= 4 is 22.2 Å². The Morgan fingerprint density at radius 3 is 2.16 bits per heavy atom. The quantitative estimate of drug-likeness (QED) is 0.410. The number of rotatable bonds is 3. The lowest BCUT2D eigenvalue weighted by Gasteiger charge is -2.37. The topological polar surface area (TPSA) is 99.2 Å². The number of piperidine rings is 1. The van der Waals surface area contributed by atoms with Crippen molar-refractivity contribution in [1.82, 2.24) is 4.90 Å². The van der Waals surface area contributed by atoms with E-state index in [1.54, 1.807) is 20.8 Å². The van der Waals surface area contributed by atoms with Gasteiger partial charge in [-0.1, -0.05) is 0 Å². The van der Waals surface area contributed by atoms with Gasteiger partial charge in [0.05, 0.1) is 19.6 Å². The molecule has 1 rings (SSSR count). The van der Waals surface area contributed by atoms with Crippen molar-refractivity contribution in [2.24, 2.45) is 5.92 Å². The minimum absolute atomic E-state index is 0.0272. The molecule has 12 heteroatoms. The number of hydrogen-bond donors (Lipinski definition) is 0. The van der Waals surface area contributed by atoms with Gasteiger partial charge in [-0.3, -0.25) is 8.98 Å². The number of halogens is 3. The summed E-state index contributed by atoms with van der Waals surface area (Å²) < 4.78 is 73.9. The molecule has 0 radical (unpaired) electrons. The summed E-state index contributed by atoms with van der Waals surface area (Å²) in [4.78, 5) is 24.7. The summed E-state index contributed by atoms with van der Waals surface area (Å²) in [5.41, 5.74) is -6.51. The summed E-state index contributed by atoms with van der Waals surface area (Å²) in [5.74, 6) is -2.19. The van der Waals surface area contributed by atoms with E-state index in [1.807, 2.05) is 0 Å². The number of carbonyl (C=O) groups is 2. The molecule has 1 aliphatic heterocycles. The Morgan fingerprint density at radius 1 is 1.16 bits per heavy atom. The third-order valence-corrected chi connectivity index (χ3v) is 4.32. The van der Waals surface area contributed by atoms with Crippen molar-refractivity contribution in [1.29, 1.82) is 0 Å². The molecule has 1 fully saturated rings. The molecule has 146 valence electrons. The Balaban J connectivity index is 3.00. The van der Waals surface area contributed by atoms with Crippen LogP contribution in [0.15, 0.2) is 0 Å². The van der Waals surface area contributed by atoms with Crippen LogP contribution in [0.25, 0.3) is 0 Å². The minimum Gasteiger partial charge on any atom is -0.469 e. The van der Waals surface area contributed by atoms with Crippen LogP contribution in [-0.2, 0) is 28.6 Å². The zero-order chi connectivity index (χ0) is 19.6. The lowest BCUT2D eigenvalue weighted by Crippen LogP contribution is -2.52. The van der Waals surface area contributed by atoms with E-state index in [0.29, 0.717) is 0 Å². The summed E-state index contributed by atoms with van der Waals surface area (Å²) in [6.07, 6.45) is -2.72. The Labute approximate surface area is 143 Å². The number of ether oxygens (including phenoxy) is 2. The maximum Gasteiger partial charge on any atom is 0.523 e. The number of esters is 1. The van der Waals surface area contributed by atoms with Crippen LogP contribution in [0.4, 0.5) is 18.0 Å². The van der Waals surface area contributed by atoms with Gasteiger partial charge in [-0.05, 0) is 27.2 Å². The van der Waals surface area contributed by atoms with Crippen LogP contribution < -0.4 is 0 Å². The SMILES string of the molecule is COC(=O)C1CCN(C(=O)OC(C)(C)C)CC1OS(=O)(=O)C(F)(F)F. The number of nitrogens with zero attached hydrogens (tertiary/aromatic N) is 1. The molecular weight excluding hydrogens is 371 g/mol. The lowest BCUT2D eigenvalue weighted by atomic mass is 9.94. The second-order valence-electron chi connectivity index (χ2n) is 6.38. The van der Waals surface area contributed by atoms with Gasteiger partial charge in [0.15, 0.2) is 0 Å². The first kappa shape index (κ1) is 21.5. The maximum atomic E-state index is 12.5. The summed E-state index contributed by atoms with van der Waals surface area (Å²) in [5, 5.41) is 0. The monoisotopic (exact) mass is 391 g/mol. The van der Waals surface area contributed by atoms with Crippen LogP contribution in [0, 0.1) is 5.92 Å². The molecule has 2 atom stereocenters. The number of likely N-dealkylation sites (tertiary alicyclic amines) is 1. The number of hydrogen-bond acceptors (Lipinski definition) is 7. The van der Waals surface area contributed by atoms with E-state index in [-0.39, 0.29) is 13.0 Å². The summed E-state index contributed by atoms with van der Waals surface area (Å²) >= 11 is 0. The third kappa shape index (κ3) is 5.73. The standard InChI is InChI=1S/C13H20F3NO7S/c1-12(2,3)23-11(19)17-6-5-8(10(18)22-4)9(7-17)24-25(20,21)13(14,15)16/h8-9H,5-7H2,1-4H3. The van der Waals surface area contributed by atoms with Gasteiger partial charge >= 0.3 is 27.7 Å². The molecule has 25 heavy (non-hydrogen) atoms. The van der Waals surface area contributed by atoms with Crippen molar-refractivity contribution in [2.45, 2.75) is 44.4 Å². The average molecular weight is 391 g/mol. The highest BCUT2D eigenvalue weighted by atomic mass is 32.2. The van der Waals surface area contributed by atoms with E-state index in [2.05, 4.69) is 8.92 Å². The van der Waals surface area contributed by atoms with Crippen LogP contribution in [-0.4, -0.2) is 62.8 Å². The molecule has 2 unspecified atom stereocenters. The molecule has 0 spiro atoms. The van der Waals surface area contributed by atoms with Gasteiger partial charge < -0.3 is 14.4 Å². The molecule has 0 saturated carbocycles. The molecule has 0 aromatic rings.